The minimum atomic E-state index is -0.00240. The van der Waals surface area contributed by atoms with Crippen LogP contribution in [0.2, 0.25) is 0 Å². The summed E-state index contributed by atoms with van der Waals surface area (Å²) >= 11 is 0. The summed E-state index contributed by atoms with van der Waals surface area (Å²) < 4.78 is 5.66. The Morgan fingerprint density at radius 1 is 1.31 bits per heavy atom. The molecule has 1 aliphatic rings. The van der Waals surface area contributed by atoms with E-state index < -0.39 is 0 Å². The first-order chi connectivity index (χ1) is 12.5. The molecule has 1 fully saturated rings. The summed E-state index contributed by atoms with van der Waals surface area (Å²) in [6.07, 6.45) is 4.65. The Labute approximate surface area is 159 Å². The van der Waals surface area contributed by atoms with E-state index in [0.29, 0.717) is 12.0 Å². The number of amides is 1. The van der Waals surface area contributed by atoms with Crippen LogP contribution >= 0.6 is 0 Å². The number of carbonyl (C=O) groups is 1. The van der Waals surface area contributed by atoms with Crippen molar-refractivity contribution >= 4 is 11.9 Å². The van der Waals surface area contributed by atoms with Crippen molar-refractivity contribution in [3.8, 4) is 0 Å². The molecule has 0 aromatic carbocycles. The van der Waals surface area contributed by atoms with E-state index in [1.54, 1.807) is 19.0 Å². The summed E-state index contributed by atoms with van der Waals surface area (Å²) in [6.45, 7) is 11.6. The van der Waals surface area contributed by atoms with Gasteiger partial charge in [0.15, 0.2) is 5.96 Å². The third-order valence-electron chi connectivity index (χ3n) is 4.78. The lowest BCUT2D eigenvalue weighted by Gasteiger charge is -2.22. The van der Waals surface area contributed by atoms with Crippen LogP contribution in [-0.2, 0) is 9.53 Å². The van der Waals surface area contributed by atoms with E-state index in [2.05, 4.69) is 41.3 Å². The van der Waals surface area contributed by atoms with Crippen LogP contribution < -0.4 is 10.6 Å². The quantitative estimate of drug-likeness (QED) is 0.424. The number of hydrogen-bond acceptors (Lipinski definition) is 4. The second kappa shape index (κ2) is 12.9. The number of nitrogens with zero attached hydrogens (tertiary/aromatic N) is 3. The van der Waals surface area contributed by atoms with E-state index in [1.807, 2.05) is 0 Å². The molecular weight excluding hydrogens is 330 g/mol. The van der Waals surface area contributed by atoms with Crippen LogP contribution in [0.3, 0.4) is 0 Å². The molecule has 26 heavy (non-hydrogen) atoms. The lowest BCUT2D eigenvalue weighted by atomic mass is 10.2. The number of ether oxygens (including phenoxy) is 1. The molecule has 0 radical (unpaired) electrons. The molecule has 7 nitrogen and oxygen atoms in total. The van der Waals surface area contributed by atoms with Crippen molar-refractivity contribution in [2.24, 2.45) is 4.99 Å². The normalized spacial score (nSPS) is 18.8. The SMILES string of the molecule is CCN(CC)CCCC(C)NC(=NCC(=O)N(C)C)NCC1CCCO1. The van der Waals surface area contributed by atoms with E-state index in [4.69, 9.17) is 4.74 Å². The van der Waals surface area contributed by atoms with Crippen molar-refractivity contribution in [1.82, 2.24) is 20.4 Å². The van der Waals surface area contributed by atoms with Crippen molar-refractivity contribution in [1.29, 1.82) is 0 Å². The summed E-state index contributed by atoms with van der Waals surface area (Å²) in [7, 11) is 3.50. The summed E-state index contributed by atoms with van der Waals surface area (Å²) in [5, 5.41) is 6.78. The molecule has 2 atom stereocenters. The van der Waals surface area contributed by atoms with Crippen LogP contribution in [0.25, 0.3) is 0 Å². The lowest BCUT2D eigenvalue weighted by Crippen LogP contribution is -2.45. The monoisotopic (exact) mass is 369 g/mol. The Balaban J connectivity index is 2.47. The van der Waals surface area contributed by atoms with Crippen LogP contribution in [0.1, 0.15) is 46.5 Å². The molecule has 7 heteroatoms. The third-order valence-corrected chi connectivity index (χ3v) is 4.78. The van der Waals surface area contributed by atoms with Gasteiger partial charge in [0.1, 0.15) is 6.54 Å². The van der Waals surface area contributed by atoms with Gasteiger partial charge in [-0.05, 0) is 52.2 Å². The molecule has 2 unspecified atom stereocenters. The first kappa shape index (κ1) is 22.7. The predicted octanol–water partition coefficient (Wildman–Crippen LogP) is 1.30. The third kappa shape index (κ3) is 9.38. The molecule has 0 bridgehead atoms. The first-order valence-electron chi connectivity index (χ1n) is 10.0. The fraction of sp³-hybridized carbons (Fsp3) is 0.895. The standard InChI is InChI=1S/C19H39N5O2/c1-6-24(7-2)12-8-10-16(3)22-19(21-15-18(25)23(4)5)20-14-17-11-9-13-26-17/h16-17H,6-15H2,1-5H3,(H2,20,21,22). The number of rotatable bonds is 11. The van der Waals surface area contributed by atoms with Crippen LogP contribution in [0, 0.1) is 0 Å². The van der Waals surface area contributed by atoms with Gasteiger partial charge in [0, 0.05) is 33.3 Å². The highest BCUT2D eigenvalue weighted by atomic mass is 16.5. The molecule has 0 saturated carbocycles. The topological polar surface area (TPSA) is 69.2 Å². The van der Waals surface area contributed by atoms with Gasteiger partial charge in [-0.15, -0.1) is 0 Å². The second-order valence-electron chi connectivity index (χ2n) is 7.18. The number of guanidine groups is 1. The van der Waals surface area contributed by atoms with Crippen LogP contribution in [0.4, 0.5) is 0 Å². The smallest absolute Gasteiger partial charge is 0.243 e. The van der Waals surface area contributed by atoms with Crippen LogP contribution in [0.5, 0.6) is 0 Å². The fourth-order valence-electron chi connectivity index (χ4n) is 2.92. The second-order valence-corrected chi connectivity index (χ2v) is 7.18. The maximum absolute atomic E-state index is 11.8. The zero-order valence-corrected chi connectivity index (χ0v) is 17.4. The van der Waals surface area contributed by atoms with Gasteiger partial charge < -0.3 is 25.2 Å². The number of aliphatic imine (C=N–C) groups is 1. The molecule has 0 spiro atoms. The molecule has 1 rings (SSSR count). The van der Waals surface area contributed by atoms with E-state index >= 15 is 0 Å². The van der Waals surface area contributed by atoms with Gasteiger partial charge in [-0.2, -0.15) is 0 Å². The van der Waals surface area contributed by atoms with Crippen molar-refractivity contribution in [3.05, 3.63) is 0 Å². The predicted molar refractivity (Wildman–Crippen MR) is 108 cm³/mol. The largest absolute Gasteiger partial charge is 0.376 e. The van der Waals surface area contributed by atoms with Crippen molar-refractivity contribution < 1.29 is 9.53 Å². The van der Waals surface area contributed by atoms with E-state index in [1.165, 1.54) is 0 Å². The van der Waals surface area contributed by atoms with E-state index in [9.17, 15) is 4.79 Å². The Kier molecular flexibility index (Phi) is 11.3. The van der Waals surface area contributed by atoms with Gasteiger partial charge in [-0.1, -0.05) is 13.8 Å². The van der Waals surface area contributed by atoms with E-state index in [0.717, 1.165) is 58.5 Å². The number of nitrogens with one attached hydrogen (secondary N) is 2. The molecule has 2 N–H and O–H groups in total. The summed E-state index contributed by atoms with van der Waals surface area (Å²) in [6, 6.07) is 0.302. The Morgan fingerprint density at radius 3 is 2.62 bits per heavy atom. The molecule has 1 saturated heterocycles. The van der Waals surface area contributed by atoms with Gasteiger partial charge in [0.2, 0.25) is 5.91 Å². The van der Waals surface area contributed by atoms with Gasteiger partial charge >= 0.3 is 0 Å². The number of hydrogen-bond donors (Lipinski definition) is 2. The summed E-state index contributed by atoms with van der Waals surface area (Å²) in [4.78, 5) is 20.3. The maximum Gasteiger partial charge on any atom is 0.243 e. The summed E-state index contributed by atoms with van der Waals surface area (Å²) in [5.41, 5.74) is 0. The first-order valence-corrected chi connectivity index (χ1v) is 10.0. The highest BCUT2D eigenvalue weighted by Gasteiger charge is 2.16. The fourth-order valence-corrected chi connectivity index (χ4v) is 2.92. The average Bonchev–Trinajstić information content (AvgIpc) is 3.14. The Bertz CT molecular complexity index is 418. The van der Waals surface area contributed by atoms with Crippen molar-refractivity contribution in [3.63, 3.8) is 0 Å². The van der Waals surface area contributed by atoms with Crippen molar-refractivity contribution in [2.75, 3.05) is 53.4 Å². The van der Waals surface area contributed by atoms with Gasteiger partial charge in [0.25, 0.3) is 0 Å². The highest BCUT2D eigenvalue weighted by molar-refractivity contribution is 5.84. The molecule has 0 aromatic rings. The zero-order valence-electron chi connectivity index (χ0n) is 17.4. The summed E-state index contributed by atoms with van der Waals surface area (Å²) in [5.74, 6) is 0.698. The van der Waals surface area contributed by atoms with E-state index in [-0.39, 0.29) is 18.6 Å². The average molecular weight is 370 g/mol. The molecular formula is C19H39N5O2. The zero-order chi connectivity index (χ0) is 19.4. The number of carbonyl (C=O) groups excluding carboxylic acids is 1. The van der Waals surface area contributed by atoms with Crippen LogP contribution in [0.15, 0.2) is 4.99 Å². The molecule has 1 amide bonds. The van der Waals surface area contributed by atoms with Gasteiger partial charge in [-0.3, -0.25) is 4.79 Å². The molecule has 0 aliphatic carbocycles. The lowest BCUT2D eigenvalue weighted by molar-refractivity contribution is -0.127. The molecule has 0 aromatic heterocycles. The molecule has 1 aliphatic heterocycles. The number of likely N-dealkylation sites (N-methyl/N-ethyl adjacent to an activating group) is 1. The highest BCUT2D eigenvalue weighted by Crippen LogP contribution is 2.10. The maximum atomic E-state index is 11.8. The molecule has 152 valence electrons. The van der Waals surface area contributed by atoms with Crippen molar-refractivity contribution in [2.45, 2.75) is 58.6 Å². The minimum absolute atomic E-state index is 0.00240. The Morgan fingerprint density at radius 2 is 2.04 bits per heavy atom. The Hall–Kier alpha value is -1.34. The molecule has 1 heterocycles. The van der Waals surface area contributed by atoms with Gasteiger partial charge in [-0.25, -0.2) is 4.99 Å². The van der Waals surface area contributed by atoms with Crippen LogP contribution in [-0.4, -0.2) is 87.2 Å². The van der Waals surface area contributed by atoms with Gasteiger partial charge in [0.05, 0.1) is 6.10 Å². The minimum Gasteiger partial charge on any atom is -0.376 e.